The van der Waals surface area contributed by atoms with Gasteiger partial charge in [0.15, 0.2) is 5.78 Å². The van der Waals surface area contributed by atoms with Crippen molar-refractivity contribution in [3.05, 3.63) is 90.5 Å². The lowest BCUT2D eigenvalue weighted by molar-refractivity contribution is 0.101. The zero-order valence-corrected chi connectivity index (χ0v) is 15.8. The van der Waals surface area contributed by atoms with E-state index in [0.717, 1.165) is 16.8 Å². The molecule has 0 aliphatic rings. The maximum atomic E-state index is 13.0. The molecule has 0 amide bonds. The summed E-state index contributed by atoms with van der Waals surface area (Å²) in [6.45, 7) is 0. The number of para-hydroxylation sites is 2. The first-order chi connectivity index (χ1) is 13.5. The molecule has 0 saturated heterocycles. The van der Waals surface area contributed by atoms with E-state index < -0.39 is 19.5 Å². The van der Waals surface area contributed by atoms with E-state index in [9.17, 15) is 19.1 Å². The lowest BCUT2D eigenvalue weighted by Gasteiger charge is -2.13. The molecule has 1 heterocycles. The summed E-state index contributed by atoms with van der Waals surface area (Å²) in [7, 11) is -4.50. The van der Waals surface area contributed by atoms with Crippen LogP contribution in [0.1, 0.15) is 10.4 Å². The van der Waals surface area contributed by atoms with E-state index in [2.05, 4.69) is 0 Å². The Morgan fingerprint density at radius 1 is 0.821 bits per heavy atom. The molecule has 0 atom stereocenters. The van der Waals surface area contributed by atoms with Gasteiger partial charge >= 0.3 is 7.60 Å². The largest absolute Gasteiger partial charge is 0.333 e. The van der Waals surface area contributed by atoms with Gasteiger partial charge in [0.25, 0.3) is 0 Å². The first kappa shape index (κ1) is 18.4. The predicted molar refractivity (Wildman–Crippen MR) is 110 cm³/mol. The van der Waals surface area contributed by atoms with Gasteiger partial charge in [0.2, 0.25) is 0 Å². The second kappa shape index (κ2) is 7.21. The molecule has 2 N–H and O–H groups in total. The van der Waals surface area contributed by atoms with Crippen molar-refractivity contribution in [3.63, 3.8) is 0 Å². The van der Waals surface area contributed by atoms with E-state index in [1.165, 1.54) is 0 Å². The van der Waals surface area contributed by atoms with Gasteiger partial charge < -0.3 is 14.4 Å². The lowest BCUT2D eigenvalue weighted by Crippen LogP contribution is -2.08. The highest BCUT2D eigenvalue weighted by Crippen LogP contribution is 2.40. The Labute approximate surface area is 162 Å². The van der Waals surface area contributed by atoms with Crippen LogP contribution >= 0.6 is 7.60 Å². The topological polar surface area (TPSA) is 79.5 Å². The molecule has 3 aromatic carbocycles. The minimum atomic E-state index is -4.50. The number of hydrogen-bond donors (Lipinski definition) is 2. The molecular weight excluding hydrogens is 373 g/mol. The fourth-order valence-electron chi connectivity index (χ4n) is 3.50. The van der Waals surface area contributed by atoms with Crippen LogP contribution in [-0.4, -0.2) is 26.3 Å². The molecule has 5 nitrogen and oxygen atoms in total. The first-order valence-corrected chi connectivity index (χ1v) is 10.6. The van der Waals surface area contributed by atoms with E-state index in [0.29, 0.717) is 16.6 Å². The predicted octanol–water partition coefficient (Wildman–Crippen LogP) is 4.66. The third kappa shape index (κ3) is 3.43. The molecule has 6 heteroatoms. The Kier molecular flexibility index (Phi) is 4.73. The van der Waals surface area contributed by atoms with Crippen LogP contribution in [0.3, 0.4) is 0 Å². The normalized spacial score (nSPS) is 11.6. The number of fused-ring (bicyclic) bond motifs is 1. The van der Waals surface area contributed by atoms with Crippen LogP contribution in [0.5, 0.6) is 0 Å². The number of nitrogens with zero attached hydrogens (tertiary/aromatic N) is 1. The van der Waals surface area contributed by atoms with Gasteiger partial charge in [0.05, 0.1) is 16.8 Å². The van der Waals surface area contributed by atoms with Gasteiger partial charge in [0.1, 0.15) is 6.16 Å². The molecule has 4 aromatic rings. The highest BCUT2D eigenvalue weighted by Gasteiger charge is 2.28. The van der Waals surface area contributed by atoms with Crippen molar-refractivity contribution in [1.82, 2.24) is 4.57 Å². The molecule has 28 heavy (non-hydrogen) atoms. The summed E-state index contributed by atoms with van der Waals surface area (Å²) in [6, 6.07) is 26.5. The summed E-state index contributed by atoms with van der Waals surface area (Å²) in [6.07, 6.45) is -0.824. The summed E-state index contributed by atoms with van der Waals surface area (Å²) < 4.78 is 13.5. The van der Waals surface area contributed by atoms with Gasteiger partial charge in [-0.2, -0.15) is 0 Å². The molecule has 0 radical (unpaired) electrons. The summed E-state index contributed by atoms with van der Waals surface area (Å²) in [4.78, 5) is 31.8. The second-order valence-corrected chi connectivity index (χ2v) is 8.17. The van der Waals surface area contributed by atoms with E-state index in [1.54, 1.807) is 0 Å². The Bertz CT molecular complexity index is 1190. The number of carbonyl (C=O) groups excluding carboxylic acids is 1. The van der Waals surface area contributed by atoms with Crippen molar-refractivity contribution < 1.29 is 19.1 Å². The Morgan fingerprint density at radius 3 is 2.04 bits per heavy atom. The van der Waals surface area contributed by atoms with Gasteiger partial charge in [-0.15, -0.1) is 0 Å². The quantitative estimate of drug-likeness (QED) is 0.383. The molecule has 0 aliphatic heterocycles. The van der Waals surface area contributed by atoms with Crippen molar-refractivity contribution in [2.45, 2.75) is 0 Å². The highest BCUT2D eigenvalue weighted by atomic mass is 31.2. The van der Waals surface area contributed by atoms with E-state index in [1.807, 2.05) is 89.5 Å². The second-order valence-electron chi connectivity index (χ2n) is 6.52. The van der Waals surface area contributed by atoms with Gasteiger partial charge in [0, 0.05) is 11.1 Å². The minimum Gasteiger partial charge on any atom is -0.324 e. The molecule has 0 spiro atoms. The van der Waals surface area contributed by atoms with Crippen molar-refractivity contribution in [2.24, 2.45) is 0 Å². The van der Waals surface area contributed by atoms with Crippen LogP contribution in [0.15, 0.2) is 84.9 Å². The molecule has 0 fully saturated rings. The average molecular weight is 391 g/mol. The summed E-state index contributed by atoms with van der Waals surface area (Å²) in [5.41, 5.74) is 3.44. The molecule has 0 aliphatic carbocycles. The first-order valence-electron chi connectivity index (χ1n) is 8.78. The summed E-state index contributed by atoms with van der Waals surface area (Å²) in [5.74, 6) is -0.571. The van der Waals surface area contributed by atoms with Gasteiger partial charge in [-0.05, 0) is 23.8 Å². The standard InChI is InChI=1S/C22H18NO4P/c24-20(15-28(25,26)27)21-18-13-7-8-14-19(18)23(17-11-5-2-6-12-17)22(21)16-9-3-1-4-10-16/h1-14H,15H2,(H2,25,26,27). The molecular formula is C22H18NO4P. The van der Waals surface area contributed by atoms with E-state index in [-0.39, 0.29) is 0 Å². The summed E-state index contributed by atoms with van der Waals surface area (Å²) >= 11 is 0. The van der Waals surface area contributed by atoms with Crippen molar-refractivity contribution in [1.29, 1.82) is 0 Å². The number of Topliss-reactive ketones (excluding diaryl/α,β-unsaturated/α-hetero) is 1. The fraction of sp³-hybridized carbons (Fsp3) is 0.0455. The summed E-state index contributed by atoms with van der Waals surface area (Å²) in [5, 5.41) is 0.670. The Hall–Kier alpha value is -2.98. The number of rotatable bonds is 5. The lowest BCUT2D eigenvalue weighted by atomic mass is 10.0. The smallest absolute Gasteiger partial charge is 0.324 e. The van der Waals surface area contributed by atoms with Crippen molar-refractivity contribution >= 4 is 24.3 Å². The van der Waals surface area contributed by atoms with E-state index >= 15 is 0 Å². The highest BCUT2D eigenvalue weighted by molar-refractivity contribution is 7.52. The van der Waals surface area contributed by atoms with Crippen LogP contribution in [-0.2, 0) is 4.57 Å². The maximum Gasteiger partial charge on any atom is 0.333 e. The van der Waals surface area contributed by atoms with Gasteiger partial charge in [-0.25, -0.2) is 0 Å². The molecule has 0 unspecified atom stereocenters. The third-order valence-corrected chi connectivity index (χ3v) is 5.26. The van der Waals surface area contributed by atoms with Crippen LogP contribution in [0.25, 0.3) is 27.8 Å². The monoisotopic (exact) mass is 391 g/mol. The molecule has 4 rings (SSSR count). The maximum absolute atomic E-state index is 13.0. The molecule has 0 bridgehead atoms. The SMILES string of the molecule is O=C(CP(=O)(O)O)c1c(-c2ccccc2)n(-c2ccccc2)c2ccccc12. The molecule has 140 valence electrons. The van der Waals surface area contributed by atoms with Gasteiger partial charge in [-0.3, -0.25) is 9.36 Å². The minimum absolute atomic E-state index is 0.328. The Morgan fingerprint density at radius 2 is 1.39 bits per heavy atom. The number of hydrogen-bond acceptors (Lipinski definition) is 2. The average Bonchev–Trinajstić information content (AvgIpc) is 3.03. The fourth-order valence-corrected chi connectivity index (χ4v) is 4.04. The number of carbonyl (C=O) groups is 1. The van der Waals surface area contributed by atoms with Crippen LogP contribution in [0, 0.1) is 0 Å². The number of aromatic nitrogens is 1. The molecule has 1 aromatic heterocycles. The molecule has 0 saturated carbocycles. The Balaban J connectivity index is 2.11. The number of ketones is 1. The van der Waals surface area contributed by atoms with Crippen molar-refractivity contribution in [2.75, 3.05) is 6.16 Å². The van der Waals surface area contributed by atoms with Crippen LogP contribution in [0.4, 0.5) is 0 Å². The van der Waals surface area contributed by atoms with Crippen LogP contribution < -0.4 is 0 Å². The zero-order chi connectivity index (χ0) is 19.7. The van der Waals surface area contributed by atoms with Crippen molar-refractivity contribution in [3.8, 4) is 16.9 Å². The van der Waals surface area contributed by atoms with E-state index in [4.69, 9.17) is 0 Å². The van der Waals surface area contributed by atoms with Crippen LogP contribution in [0.2, 0.25) is 0 Å². The van der Waals surface area contributed by atoms with Gasteiger partial charge in [-0.1, -0.05) is 66.7 Å². The third-order valence-electron chi connectivity index (χ3n) is 4.56. The number of benzene rings is 3. The zero-order valence-electron chi connectivity index (χ0n) is 14.9.